The average molecular weight is 276 g/mol. The lowest BCUT2D eigenvalue weighted by Gasteiger charge is -2.43. The Hall–Kier alpha value is -1.89. The Bertz CT molecular complexity index is 519. The van der Waals surface area contributed by atoms with Gasteiger partial charge in [-0.05, 0) is 32.4 Å². The number of amidine groups is 1. The topological polar surface area (TPSA) is 90.9 Å². The fraction of sp³-hybridized carbons (Fsp3) is 0.615. The van der Waals surface area contributed by atoms with Crippen LogP contribution in [0.25, 0.3) is 0 Å². The Morgan fingerprint density at radius 1 is 1.50 bits per heavy atom. The third-order valence-corrected chi connectivity index (χ3v) is 4.29. The van der Waals surface area contributed by atoms with Crippen molar-refractivity contribution in [1.29, 1.82) is 0 Å². The Balaban J connectivity index is 1.92. The number of oxime groups is 1. The summed E-state index contributed by atoms with van der Waals surface area (Å²) in [5, 5.41) is 20.2. The maximum atomic E-state index is 8.92. The molecule has 0 aliphatic carbocycles. The molecule has 1 aromatic rings. The minimum Gasteiger partial charge on any atom is -0.409 e. The molecule has 20 heavy (non-hydrogen) atoms. The molecule has 0 aromatic carbocycles. The highest BCUT2D eigenvalue weighted by molar-refractivity contribution is 6.01. The number of nitrogens with zero attached hydrogens (tertiary/aromatic N) is 5. The Morgan fingerprint density at radius 2 is 2.35 bits per heavy atom. The first kappa shape index (κ1) is 13.1. The van der Waals surface area contributed by atoms with Gasteiger partial charge in [-0.25, -0.2) is 0 Å². The molecular formula is C13H20N6O. The van der Waals surface area contributed by atoms with E-state index >= 15 is 0 Å². The molecule has 2 unspecified atom stereocenters. The molecule has 3 N–H and O–H groups in total. The van der Waals surface area contributed by atoms with E-state index in [0.29, 0.717) is 23.5 Å². The second kappa shape index (κ2) is 5.24. The largest absolute Gasteiger partial charge is 0.409 e. The van der Waals surface area contributed by atoms with Gasteiger partial charge in [-0.15, -0.1) is 5.10 Å². The molecule has 0 amide bonds. The van der Waals surface area contributed by atoms with Crippen LogP contribution >= 0.6 is 0 Å². The predicted molar refractivity (Wildman–Crippen MR) is 75.9 cm³/mol. The Kier molecular flexibility index (Phi) is 3.43. The van der Waals surface area contributed by atoms with Gasteiger partial charge in [0, 0.05) is 25.2 Å². The fourth-order valence-electron chi connectivity index (χ4n) is 3.27. The third-order valence-electron chi connectivity index (χ3n) is 4.29. The summed E-state index contributed by atoms with van der Waals surface area (Å²) in [6, 6.07) is 2.66. The van der Waals surface area contributed by atoms with E-state index in [1.54, 1.807) is 12.3 Å². The van der Waals surface area contributed by atoms with E-state index in [2.05, 4.69) is 32.1 Å². The Labute approximate surface area is 118 Å². The average Bonchev–Trinajstić information content (AvgIpc) is 2.92. The number of nitrogens with two attached hydrogens (primary N) is 1. The van der Waals surface area contributed by atoms with Crippen LogP contribution < -0.4 is 10.6 Å². The van der Waals surface area contributed by atoms with Gasteiger partial charge in [0.2, 0.25) is 0 Å². The standard InChI is InChI=1S/C13H20N6O/c1-9-7-18-6-2-3-10(18)8-19(9)13-11(12(14)17-20)4-5-15-16-13/h4-5,9-10,20H,2-3,6-8H2,1H3,(H2,14,17). The molecule has 1 aromatic heterocycles. The van der Waals surface area contributed by atoms with Crippen LogP contribution in [-0.2, 0) is 0 Å². The van der Waals surface area contributed by atoms with Crippen molar-refractivity contribution in [3.63, 3.8) is 0 Å². The van der Waals surface area contributed by atoms with Gasteiger partial charge in [0.1, 0.15) is 0 Å². The smallest absolute Gasteiger partial charge is 0.173 e. The van der Waals surface area contributed by atoms with Crippen LogP contribution in [0.3, 0.4) is 0 Å². The van der Waals surface area contributed by atoms with Gasteiger partial charge in [-0.2, -0.15) is 5.10 Å². The predicted octanol–water partition coefficient (Wildman–Crippen LogP) is 0.244. The zero-order valence-corrected chi connectivity index (χ0v) is 11.6. The van der Waals surface area contributed by atoms with Gasteiger partial charge in [0.15, 0.2) is 11.7 Å². The number of rotatable bonds is 2. The fourth-order valence-corrected chi connectivity index (χ4v) is 3.27. The first-order valence-corrected chi connectivity index (χ1v) is 7.01. The zero-order valence-electron chi connectivity index (χ0n) is 11.6. The molecule has 2 aliphatic rings. The highest BCUT2D eigenvalue weighted by Gasteiger charge is 2.36. The van der Waals surface area contributed by atoms with E-state index in [9.17, 15) is 0 Å². The molecule has 108 valence electrons. The van der Waals surface area contributed by atoms with Gasteiger partial charge in [-0.3, -0.25) is 4.90 Å². The molecule has 0 spiro atoms. The summed E-state index contributed by atoms with van der Waals surface area (Å²) < 4.78 is 0. The van der Waals surface area contributed by atoms with Crippen molar-refractivity contribution in [1.82, 2.24) is 15.1 Å². The number of aromatic nitrogens is 2. The van der Waals surface area contributed by atoms with Gasteiger partial charge >= 0.3 is 0 Å². The molecule has 2 aliphatic heterocycles. The molecule has 0 bridgehead atoms. The van der Waals surface area contributed by atoms with Crippen molar-refractivity contribution < 1.29 is 5.21 Å². The second-order valence-electron chi connectivity index (χ2n) is 5.55. The molecule has 0 radical (unpaired) electrons. The Morgan fingerprint density at radius 3 is 3.15 bits per heavy atom. The summed E-state index contributed by atoms with van der Waals surface area (Å²) in [6.07, 6.45) is 4.05. The summed E-state index contributed by atoms with van der Waals surface area (Å²) in [5.41, 5.74) is 6.39. The summed E-state index contributed by atoms with van der Waals surface area (Å²) in [5.74, 6) is 0.790. The minimum absolute atomic E-state index is 0.0796. The monoisotopic (exact) mass is 276 g/mol. The number of hydrogen-bond donors (Lipinski definition) is 2. The maximum Gasteiger partial charge on any atom is 0.173 e. The zero-order chi connectivity index (χ0) is 14.1. The highest BCUT2D eigenvalue weighted by Crippen LogP contribution is 2.28. The lowest BCUT2D eigenvalue weighted by atomic mass is 10.1. The molecular weight excluding hydrogens is 256 g/mol. The lowest BCUT2D eigenvalue weighted by molar-refractivity contribution is 0.202. The van der Waals surface area contributed by atoms with Gasteiger partial charge < -0.3 is 15.8 Å². The van der Waals surface area contributed by atoms with Crippen LogP contribution in [0.15, 0.2) is 17.4 Å². The summed E-state index contributed by atoms with van der Waals surface area (Å²) in [7, 11) is 0. The molecule has 0 saturated carbocycles. The SMILES string of the molecule is CC1CN2CCCC2CN1c1nnccc1/C(N)=N/O. The maximum absolute atomic E-state index is 8.92. The van der Waals surface area contributed by atoms with Crippen LogP contribution in [0, 0.1) is 0 Å². The number of hydrogen-bond acceptors (Lipinski definition) is 6. The molecule has 2 saturated heterocycles. The molecule has 7 nitrogen and oxygen atoms in total. The van der Waals surface area contributed by atoms with E-state index in [-0.39, 0.29) is 5.84 Å². The summed E-state index contributed by atoms with van der Waals surface area (Å²) in [4.78, 5) is 4.77. The van der Waals surface area contributed by atoms with Crippen LogP contribution in [-0.4, -0.2) is 57.9 Å². The van der Waals surface area contributed by atoms with Gasteiger partial charge in [0.25, 0.3) is 0 Å². The van der Waals surface area contributed by atoms with Crippen molar-refractivity contribution in [2.75, 3.05) is 24.5 Å². The van der Waals surface area contributed by atoms with Crippen LogP contribution in [0.1, 0.15) is 25.3 Å². The first-order valence-electron chi connectivity index (χ1n) is 7.01. The molecule has 2 fully saturated rings. The summed E-state index contributed by atoms with van der Waals surface area (Å²) in [6.45, 7) is 5.32. The van der Waals surface area contributed by atoms with Crippen LogP contribution in [0.4, 0.5) is 5.82 Å². The van der Waals surface area contributed by atoms with E-state index in [1.165, 1.54) is 19.4 Å². The van der Waals surface area contributed by atoms with Crippen LogP contribution in [0.2, 0.25) is 0 Å². The van der Waals surface area contributed by atoms with Gasteiger partial charge in [0.05, 0.1) is 11.8 Å². The molecule has 2 atom stereocenters. The van der Waals surface area contributed by atoms with Crippen molar-refractivity contribution in [2.45, 2.75) is 31.8 Å². The van der Waals surface area contributed by atoms with Crippen molar-refractivity contribution in [3.05, 3.63) is 17.8 Å². The second-order valence-corrected chi connectivity index (χ2v) is 5.55. The van der Waals surface area contributed by atoms with Gasteiger partial charge in [-0.1, -0.05) is 5.16 Å². The van der Waals surface area contributed by atoms with Crippen molar-refractivity contribution >= 4 is 11.7 Å². The van der Waals surface area contributed by atoms with E-state index in [0.717, 1.165) is 13.1 Å². The van der Waals surface area contributed by atoms with Crippen LogP contribution in [0.5, 0.6) is 0 Å². The number of fused-ring (bicyclic) bond motifs is 1. The molecule has 3 heterocycles. The summed E-state index contributed by atoms with van der Waals surface area (Å²) >= 11 is 0. The quantitative estimate of drug-likeness (QED) is 0.348. The van der Waals surface area contributed by atoms with Crippen molar-refractivity contribution in [2.24, 2.45) is 10.9 Å². The van der Waals surface area contributed by atoms with E-state index < -0.39 is 0 Å². The molecule has 7 heteroatoms. The molecule has 3 rings (SSSR count). The lowest BCUT2D eigenvalue weighted by Crippen LogP contribution is -2.55. The first-order chi connectivity index (χ1) is 9.70. The normalized spacial score (nSPS) is 27.6. The highest BCUT2D eigenvalue weighted by atomic mass is 16.4. The minimum atomic E-state index is 0.0796. The number of anilines is 1. The van der Waals surface area contributed by atoms with Crippen molar-refractivity contribution in [3.8, 4) is 0 Å². The van der Waals surface area contributed by atoms with E-state index in [1.807, 2.05) is 0 Å². The van der Waals surface area contributed by atoms with E-state index in [4.69, 9.17) is 10.9 Å². The third kappa shape index (κ3) is 2.18. The number of piperazine rings is 1.